The Bertz CT molecular complexity index is 333. The highest BCUT2D eigenvalue weighted by atomic mass is 32.2. The molecular weight excluding hydrogens is 232 g/mol. The van der Waals surface area contributed by atoms with Crippen LogP contribution in [-0.2, 0) is 19.6 Å². The highest BCUT2D eigenvalue weighted by Gasteiger charge is 2.29. The zero-order valence-electron chi connectivity index (χ0n) is 9.39. The van der Waals surface area contributed by atoms with Gasteiger partial charge in [0.15, 0.2) is 5.75 Å². The van der Waals surface area contributed by atoms with E-state index in [0.717, 1.165) is 0 Å². The van der Waals surface area contributed by atoms with Gasteiger partial charge < -0.3 is 10.5 Å². The van der Waals surface area contributed by atoms with Gasteiger partial charge >= 0.3 is 5.97 Å². The number of carbonyl (C=O) groups is 1. The molecule has 0 aromatic heterocycles. The Morgan fingerprint density at radius 3 is 2.50 bits per heavy atom. The molecule has 1 heterocycles. The number of hydrogen-bond acceptors (Lipinski definition) is 5. The first-order valence-corrected chi connectivity index (χ1v) is 6.95. The van der Waals surface area contributed by atoms with E-state index in [4.69, 9.17) is 5.73 Å². The van der Waals surface area contributed by atoms with Crippen molar-refractivity contribution >= 4 is 16.0 Å². The van der Waals surface area contributed by atoms with E-state index in [2.05, 4.69) is 4.74 Å². The van der Waals surface area contributed by atoms with E-state index in [1.54, 1.807) is 6.92 Å². The van der Waals surface area contributed by atoms with Crippen LogP contribution < -0.4 is 5.73 Å². The number of esters is 1. The summed E-state index contributed by atoms with van der Waals surface area (Å²) in [5, 5.41) is 0. The predicted octanol–water partition coefficient (Wildman–Crippen LogP) is -0.698. The zero-order valence-corrected chi connectivity index (χ0v) is 10.2. The Kier molecular flexibility index (Phi) is 4.69. The van der Waals surface area contributed by atoms with E-state index in [0.29, 0.717) is 25.9 Å². The summed E-state index contributed by atoms with van der Waals surface area (Å²) < 4.78 is 29.5. The van der Waals surface area contributed by atoms with Crippen molar-refractivity contribution in [1.82, 2.24) is 4.31 Å². The molecule has 0 spiro atoms. The molecule has 16 heavy (non-hydrogen) atoms. The van der Waals surface area contributed by atoms with Crippen molar-refractivity contribution < 1.29 is 17.9 Å². The second kappa shape index (κ2) is 5.60. The van der Waals surface area contributed by atoms with Crippen LogP contribution in [0.4, 0.5) is 0 Å². The average Bonchev–Trinajstić information content (AvgIpc) is 2.17. The smallest absolute Gasteiger partial charge is 0.322 e. The van der Waals surface area contributed by atoms with Crippen LogP contribution in [-0.4, -0.2) is 50.2 Å². The number of nitrogens with two attached hydrogens (primary N) is 1. The Hall–Kier alpha value is -0.660. The SMILES string of the molecule is CCOC(=O)CS(=O)(=O)N1CCC(N)CC1. The first-order valence-electron chi connectivity index (χ1n) is 5.34. The van der Waals surface area contributed by atoms with Gasteiger partial charge in [0.25, 0.3) is 0 Å². The molecule has 0 aromatic carbocycles. The normalized spacial score (nSPS) is 19.6. The van der Waals surface area contributed by atoms with Gasteiger partial charge in [-0.05, 0) is 19.8 Å². The van der Waals surface area contributed by atoms with Gasteiger partial charge in [-0.25, -0.2) is 12.7 Å². The highest BCUT2D eigenvalue weighted by molar-refractivity contribution is 7.89. The average molecular weight is 250 g/mol. The van der Waals surface area contributed by atoms with Crippen LogP contribution in [0.1, 0.15) is 19.8 Å². The maximum absolute atomic E-state index is 11.8. The maximum Gasteiger partial charge on any atom is 0.322 e. The fourth-order valence-electron chi connectivity index (χ4n) is 1.60. The van der Waals surface area contributed by atoms with Crippen molar-refractivity contribution in [3.8, 4) is 0 Å². The van der Waals surface area contributed by atoms with Crippen LogP contribution in [0.15, 0.2) is 0 Å². The maximum atomic E-state index is 11.8. The molecule has 0 atom stereocenters. The number of sulfonamides is 1. The molecule has 1 aliphatic rings. The van der Waals surface area contributed by atoms with Gasteiger partial charge in [-0.1, -0.05) is 0 Å². The zero-order chi connectivity index (χ0) is 12.2. The number of rotatable bonds is 4. The molecular formula is C9H18N2O4S. The molecule has 0 amide bonds. The molecule has 0 aliphatic carbocycles. The van der Waals surface area contributed by atoms with Gasteiger partial charge in [-0.2, -0.15) is 0 Å². The molecule has 2 N–H and O–H groups in total. The molecule has 6 nitrogen and oxygen atoms in total. The summed E-state index contributed by atoms with van der Waals surface area (Å²) in [6.07, 6.45) is 1.28. The molecule has 1 fully saturated rings. The number of nitrogens with zero attached hydrogens (tertiary/aromatic N) is 1. The number of ether oxygens (including phenoxy) is 1. The predicted molar refractivity (Wildman–Crippen MR) is 59.2 cm³/mol. The van der Waals surface area contributed by atoms with Gasteiger partial charge in [-0.3, -0.25) is 4.79 Å². The number of piperidine rings is 1. The summed E-state index contributed by atoms with van der Waals surface area (Å²) in [4.78, 5) is 11.1. The fourth-order valence-corrected chi connectivity index (χ4v) is 2.93. The first kappa shape index (κ1) is 13.4. The van der Waals surface area contributed by atoms with E-state index in [-0.39, 0.29) is 12.6 Å². The van der Waals surface area contributed by atoms with Gasteiger partial charge in [0.1, 0.15) is 0 Å². The molecule has 0 radical (unpaired) electrons. The van der Waals surface area contributed by atoms with Crippen molar-refractivity contribution in [3.05, 3.63) is 0 Å². The second-order valence-electron chi connectivity index (χ2n) is 3.80. The lowest BCUT2D eigenvalue weighted by Gasteiger charge is -2.28. The van der Waals surface area contributed by atoms with Crippen LogP contribution >= 0.6 is 0 Å². The van der Waals surface area contributed by atoms with Crippen LogP contribution in [0.3, 0.4) is 0 Å². The fraction of sp³-hybridized carbons (Fsp3) is 0.889. The quantitative estimate of drug-likeness (QED) is 0.666. The second-order valence-corrected chi connectivity index (χ2v) is 5.77. The van der Waals surface area contributed by atoms with Crippen molar-refractivity contribution in [2.45, 2.75) is 25.8 Å². The Morgan fingerprint density at radius 1 is 1.44 bits per heavy atom. The standard InChI is InChI=1S/C9H18N2O4S/c1-2-15-9(12)7-16(13,14)11-5-3-8(10)4-6-11/h8H,2-7,10H2,1H3. The van der Waals surface area contributed by atoms with Gasteiger partial charge in [0, 0.05) is 19.1 Å². The number of carbonyl (C=O) groups excluding carboxylic acids is 1. The Labute approximate surface area is 95.8 Å². The van der Waals surface area contributed by atoms with Crippen LogP contribution in [0, 0.1) is 0 Å². The summed E-state index contributed by atoms with van der Waals surface area (Å²) in [6, 6.07) is 0.0639. The van der Waals surface area contributed by atoms with E-state index in [1.807, 2.05) is 0 Å². The summed E-state index contributed by atoms with van der Waals surface area (Å²) in [7, 11) is -3.52. The Balaban J connectivity index is 2.54. The molecule has 0 saturated carbocycles. The third kappa shape index (κ3) is 3.73. The largest absolute Gasteiger partial charge is 0.465 e. The van der Waals surface area contributed by atoms with Crippen molar-refractivity contribution in [1.29, 1.82) is 0 Å². The van der Waals surface area contributed by atoms with Gasteiger partial charge in [-0.15, -0.1) is 0 Å². The minimum Gasteiger partial charge on any atom is -0.465 e. The van der Waals surface area contributed by atoms with E-state index in [9.17, 15) is 13.2 Å². The molecule has 0 bridgehead atoms. The van der Waals surface area contributed by atoms with Crippen molar-refractivity contribution in [3.63, 3.8) is 0 Å². The van der Waals surface area contributed by atoms with Gasteiger partial charge in [0.05, 0.1) is 6.61 Å². The lowest BCUT2D eigenvalue weighted by atomic mass is 10.1. The summed E-state index contributed by atoms with van der Waals surface area (Å²) in [5.41, 5.74) is 5.68. The molecule has 7 heteroatoms. The lowest BCUT2D eigenvalue weighted by molar-refractivity contribution is -0.140. The first-order chi connectivity index (χ1) is 7.45. The molecule has 94 valence electrons. The molecule has 0 aromatic rings. The molecule has 1 aliphatic heterocycles. The van der Waals surface area contributed by atoms with Crippen LogP contribution in [0.2, 0.25) is 0 Å². The van der Waals surface area contributed by atoms with Crippen LogP contribution in [0.25, 0.3) is 0 Å². The third-order valence-electron chi connectivity index (χ3n) is 2.50. The number of hydrogen-bond donors (Lipinski definition) is 1. The van der Waals surface area contributed by atoms with Crippen molar-refractivity contribution in [2.24, 2.45) is 5.73 Å². The van der Waals surface area contributed by atoms with E-state index in [1.165, 1.54) is 4.31 Å². The minimum absolute atomic E-state index is 0.0639. The molecule has 1 saturated heterocycles. The monoisotopic (exact) mass is 250 g/mol. The highest BCUT2D eigenvalue weighted by Crippen LogP contribution is 2.13. The van der Waals surface area contributed by atoms with Crippen LogP contribution in [0.5, 0.6) is 0 Å². The Morgan fingerprint density at radius 2 is 2.00 bits per heavy atom. The van der Waals surface area contributed by atoms with Crippen molar-refractivity contribution in [2.75, 3.05) is 25.4 Å². The summed E-state index contributed by atoms with van der Waals surface area (Å²) in [6.45, 7) is 2.62. The minimum atomic E-state index is -3.52. The van der Waals surface area contributed by atoms with E-state index < -0.39 is 21.7 Å². The lowest BCUT2D eigenvalue weighted by Crippen LogP contribution is -2.44. The summed E-state index contributed by atoms with van der Waals surface area (Å²) in [5.74, 6) is -1.27. The molecule has 0 unspecified atom stereocenters. The topological polar surface area (TPSA) is 89.7 Å². The third-order valence-corrected chi connectivity index (χ3v) is 4.25. The van der Waals surface area contributed by atoms with E-state index >= 15 is 0 Å². The van der Waals surface area contributed by atoms with Gasteiger partial charge in [0.2, 0.25) is 10.0 Å². The molecule has 1 rings (SSSR count). The summed E-state index contributed by atoms with van der Waals surface area (Å²) >= 11 is 0.